The number of methoxy groups -OCH3 is 1. The van der Waals surface area contributed by atoms with E-state index in [1.165, 1.54) is 25.3 Å². The van der Waals surface area contributed by atoms with Gasteiger partial charge in [-0.05, 0) is 12.1 Å². The molecule has 94 valence electrons. The summed E-state index contributed by atoms with van der Waals surface area (Å²) in [4.78, 5) is 0. The summed E-state index contributed by atoms with van der Waals surface area (Å²) in [6.07, 6.45) is 0. The van der Waals surface area contributed by atoms with Gasteiger partial charge in [0.25, 0.3) is 0 Å². The number of aliphatic hydroxyl groups excluding tert-OH is 1. The number of rotatable bonds is 4. The summed E-state index contributed by atoms with van der Waals surface area (Å²) in [6, 6.07) is 4.01. The second-order valence-corrected chi connectivity index (χ2v) is 3.26. The number of ether oxygens (including phenoxy) is 1. The summed E-state index contributed by atoms with van der Waals surface area (Å²) in [5.74, 6) is 5.32. The van der Waals surface area contributed by atoms with E-state index in [9.17, 15) is 4.39 Å². The van der Waals surface area contributed by atoms with Crippen molar-refractivity contribution < 1.29 is 14.2 Å². The van der Waals surface area contributed by atoms with Crippen LogP contribution < -0.4 is 27.1 Å². The maximum absolute atomic E-state index is 13.5. The SMILES string of the molecule is COc1ccc(F)c(N(N)/C(N)=C(\N)CO)c1. The van der Waals surface area contributed by atoms with Gasteiger partial charge in [0, 0.05) is 6.07 Å². The zero-order valence-corrected chi connectivity index (χ0v) is 9.35. The molecule has 1 aromatic rings. The predicted molar refractivity (Wildman–Crippen MR) is 62.1 cm³/mol. The van der Waals surface area contributed by atoms with E-state index in [1.54, 1.807) is 0 Å². The Hall–Kier alpha value is -1.99. The molecule has 0 radical (unpaired) electrons. The van der Waals surface area contributed by atoms with E-state index in [1.807, 2.05) is 0 Å². The van der Waals surface area contributed by atoms with Crippen LogP contribution in [0.5, 0.6) is 5.75 Å². The first kappa shape index (κ1) is 13.1. The lowest BCUT2D eigenvalue weighted by Crippen LogP contribution is -2.38. The minimum Gasteiger partial charge on any atom is -0.497 e. The number of benzene rings is 1. The molecule has 0 aromatic heterocycles. The minimum absolute atomic E-state index is 0.00162. The number of nitrogens with zero attached hydrogens (tertiary/aromatic N) is 1. The van der Waals surface area contributed by atoms with Crippen LogP contribution in [0.25, 0.3) is 0 Å². The van der Waals surface area contributed by atoms with Gasteiger partial charge in [-0.2, -0.15) is 0 Å². The van der Waals surface area contributed by atoms with Crippen molar-refractivity contribution in [2.75, 3.05) is 18.7 Å². The number of hydrogen-bond donors (Lipinski definition) is 4. The third kappa shape index (κ3) is 2.77. The van der Waals surface area contributed by atoms with Crippen molar-refractivity contribution in [3.8, 4) is 5.75 Å². The molecular weight excluding hydrogens is 227 g/mol. The molecule has 0 saturated heterocycles. The maximum atomic E-state index is 13.5. The second kappa shape index (κ2) is 5.37. The molecule has 0 amide bonds. The quantitative estimate of drug-likeness (QED) is 0.422. The lowest BCUT2D eigenvalue weighted by molar-refractivity contribution is 0.327. The molecule has 0 fully saturated rings. The number of halogens is 1. The summed E-state index contributed by atoms with van der Waals surface area (Å²) < 4.78 is 18.5. The Kier molecular flexibility index (Phi) is 4.13. The zero-order valence-electron chi connectivity index (χ0n) is 9.35. The fourth-order valence-corrected chi connectivity index (χ4v) is 1.17. The molecule has 1 aromatic carbocycles. The zero-order chi connectivity index (χ0) is 13.0. The average molecular weight is 242 g/mol. The third-order valence-corrected chi connectivity index (χ3v) is 2.17. The Morgan fingerprint density at radius 2 is 2.12 bits per heavy atom. The Morgan fingerprint density at radius 3 is 2.65 bits per heavy atom. The van der Waals surface area contributed by atoms with Crippen molar-refractivity contribution in [3.05, 3.63) is 35.5 Å². The number of anilines is 1. The molecule has 0 atom stereocenters. The minimum atomic E-state index is -0.581. The topological polar surface area (TPSA) is 111 Å². The van der Waals surface area contributed by atoms with Crippen LogP contribution in [-0.2, 0) is 0 Å². The number of hydrazine groups is 1. The first-order valence-corrected chi connectivity index (χ1v) is 4.74. The Labute approximate surface area is 98.0 Å². The lowest BCUT2D eigenvalue weighted by atomic mass is 10.2. The highest BCUT2D eigenvalue weighted by atomic mass is 19.1. The van der Waals surface area contributed by atoms with Gasteiger partial charge in [0.2, 0.25) is 0 Å². The highest BCUT2D eigenvalue weighted by Gasteiger charge is 2.13. The monoisotopic (exact) mass is 242 g/mol. The molecule has 7 N–H and O–H groups in total. The molecule has 6 nitrogen and oxygen atoms in total. The fourth-order valence-electron chi connectivity index (χ4n) is 1.17. The summed E-state index contributed by atoms with van der Waals surface area (Å²) >= 11 is 0. The molecule has 0 saturated carbocycles. The largest absolute Gasteiger partial charge is 0.497 e. The van der Waals surface area contributed by atoms with Gasteiger partial charge in [-0.25, -0.2) is 10.2 Å². The smallest absolute Gasteiger partial charge is 0.148 e. The first-order valence-electron chi connectivity index (χ1n) is 4.74. The van der Waals surface area contributed by atoms with Gasteiger partial charge < -0.3 is 21.3 Å². The van der Waals surface area contributed by atoms with Gasteiger partial charge in [0.15, 0.2) is 0 Å². The Bertz CT molecular complexity index is 436. The van der Waals surface area contributed by atoms with Gasteiger partial charge in [0.05, 0.1) is 25.1 Å². The average Bonchev–Trinajstić information content (AvgIpc) is 2.36. The highest BCUT2D eigenvalue weighted by Crippen LogP contribution is 2.24. The van der Waals surface area contributed by atoms with Crippen molar-refractivity contribution >= 4 is 5.69 Å². The highest BCUT2D eigenvalue weighted by molar-refractivity contribution is 5.55. The van der Waals surface area contributed by atoms with Crippen molar-refractivity contribution in [2.24, 2.45) is 17.3 Å². The van der Waals surface area contributed by atoms with Crippen LogP contribution in [0.1, 0.15) is 0 Å². The van der Waals surface area contributed by atoms with E-state index in [4.69, 9.17) is 27.2 Å². The molecule has 0 aliphatic heterocycles. The molecule has 0 aliphatic rings. The second-order valence-electron chi connectivity index (χ2n) is 3.26. The van der Waals surface area contributed by atoms with Crippen molar-refractivity contribution in [1.29, 1.82) is 0 Å². The molecule has 0 bridgehead atoms. The molecule has 0 aliphatic carbocycles. The standard InChI is InChI=1S/C10H15FN4O2/c1-17-6-2-3-7(11)9(4-6)15(14)10(13)8(12)5-16/h2-4,16H,5,12-14H2,1H3/b10-8-. The molecular formula is C10H15FN4O2. The fraction of sp³-hybridized carbons (Fsp3) is 0.200. The molecule has 1 rings (SSSR count). The van der Waals surface area contributed by atoms with Crippen LogP contribution in [0.3, 0.4) is 0 Å². The third-order valence-electron chi connectivity index (χ3n) is 2.17. The Morgan fingerprint density at radius 1 is 1.47 bits per heavy atom. The van der Waals surface area contributed by atoms with Gasteiger partial charge in [0.1, 0.15) is 17.4 Å². The predicted octanol–water partition coefficient (Wildman–Crippen LogP) is -0.407. The van der Waals surface area contributed by atoms with Crippen LogP contribution in [-0.4, -0.2) is 18.8 Å². The normalized spacial score (nSPS) is 12.0. The molecule has 0 heterocycles. The van der Waals surface area contributed by atoms with Crippen LogP contribution in [0.2, 0.25) is 0 Å². The van der Waals surface area contributed by atoms with E-state index >= 15 is 0 Å². The van der Waals surface area contributed by atoms with E-state index in [0.717, 1.165) is 5.01 Å². The van der Waals surface area contributed by atoms with Crippen molar-refractivity contribution in [1.82, 2.24) is 0 Å². The molecule has 17 heavy (non-hydrogen) atoms. The van der Waals surface area contributed by atoms with E-state index in [2.05, 4.69) is 0 Å². The van der Waals surface area contributed by atoms with Gasteiger partial charge in [-0.1, -0.05) is 0 Å². The van der Waals surface area contributed by atoms with Gasteiger partial charge in [-0.3, -0.25) is 5.01 Å². The van der Waals surface area contributed by atoms with E-state index in [-0.39, 0.29) is 17.2 Å². The lowest BCUT2D eigenvalue weighted by Gasteiger charge is -2.21. The van der Waals surface area contributed by atoms with Gasteiger partial charge >= 0.3 is 0 Å². The van der Waals surface area contributed by atoms with Crippen LogP contribution in [0, 0.1) is 5.82 Å². The molecule has 7 heteroatoms. The van der Waals surface area contributed by atoms with E-state index in [0.29, 0.717) is 5.75 Å². The summed E-state index contributed by atoms with van der Waals surface area (Å²) in [7, 11) is 1.44. The number of nitrogens with two attached hydrogens (primary N) is 3. The number of aliphatic hydroxyl groups is 1. The van der Waals surface area contributed by atoms with Crippen molar-refractivity contribution in [3.63, 3.8) is 0 Å². The van der Waals surface area contributed by atoms with E-state index < -0.39 is 12.4 Å². The van der Waals surface area contributed by atoms with Crippen LogP contribution >= 0.6 is 0 Å². The summed E-state index contributed by atoms with van der Waals surface area (Å²) in [5.41, 5.74) is 10.9. The molecule has 0 spiro atoms. The van der Waals surface area contributed by atoms with Gasteiger partial charge in [-0.15, -0.1) is 0 Å². The van der Waals surface area contributed by atoms with Crippen LogP contribution in [0.4, 0.5) is 10.1 Å². The Balaban J connectivity index is 3.15. The summed E-state index contributed by atoms with van der Waals surface area (Å²) in [6.45, 7) is -0.467. The van der Waals surface area contributed by atoms with Crippen molar-refractivity contribution in [2.45, 2.75) is 0 Å². The number of hydrogen-bond acceptors (Lipinski definition) is 6. The first-order chi connectivity index (χ1) is 8.01. The summed E-state index contributed by atoms with van der Waals surface area (Å²) in [5, 5.41) is 9.66. The molecule has 0 unspecified atom stereocenters. The maximum Gasteiger partial charge on any atom is 0.148 e. The van der Waals surface area contributed by atoms with Crippen LogP contribution in [0.15, 0.2) is 29.7 Å².